The fraction of sp³-hybridized carbons (Fsp3) is 0.722. The Hall–Kier alpha value is -0.693. The number of hydrogen-bond acceptors (Lipinski definition) is 5. The third kappa shape index (κ3) is 5.99. The summed E-state index contributed by atoms with van der Waals surface area (Å²) in [5, 5.41) is 10.4. The molecule has 0 fully saturated rings. The Balaban J connectivity index is 2.53. The van der Waals surface area contributed by atoms with Crippen molar-refractivity contribution in [3.05, 3.63) is 21.4 Å². The van der Waals surface area contributed by atoms with Gasteiger partial charge in [-0.25, -0.2) is 4.79 Å². The molecular formula is C18H32O4SSi. The first-order chi connectivity index (χ1) is 11.0. The van der Waals surface area contributed by atoms with Gasteiger partial charge in [-0.05, 0) is 56.5 Å². The molecule has 0 amide bonds. The van der Waals surface area contributed by atoms with Gasteiger partial charge in [0.15, 0.2) is 8.32 Å². The van der Waals surface area contributed by atoms with E-state index in [9.17, 15) is 9.90 Å². The van der Waals surface area contributed by atoms with Gasteiger partial charge in [-0.3, -0.25) is 0 Å². The lowest BCUT2D eigenvalue weighted by Gasteiger charge is -2.36. The van der Waals surface area contributed by atoms with Crippen LogP contribution in [0.5, 0.6) is 0 Å². The Labute approximate surface area is 151 Å². The maximum absolute atomic E-state index is 11.8. The molecule has 6 heteroatoms. The van der Waals surface area contributed by atoms with Crippen molar-refractivity contribution < 1.29 is 19.1 Å². The zero-order chi connectivity index (χ0) is 18.5. The van der Waals surface area contributed by atoms with Gasteiger partial charge in [0.1, 0.15) is 4.88 Å². The number of hydrogen-bond donors (Lipinski definition) is 1. The molecule has 0 saturated heterocycles. The van der Waals surface area contributed by atoms with Crippen molar-refractivity contribution in [1.29, 1.82) is 0 Å². The fourth-order valence-electron chi connectivity index (χ4n) is 1.97. The van der Waals surface area contributed by atoms with E-state index < -0.39 is 14.4 Å². The van der Waals surface area contributed by atoms with Crippen LogP contribution < -0.4 is 0 Å². The van der Waals surface area contributed by atoms with E-state index >= 15 is 0 Å². The molecular weight excluding hydrogens is 340 g/mol. The highest BCUT2D eigenvalue weighted by Gasteiger charge is 2.37. The summed E-state index contributed by atoms with van der Waals surface area (Å²) in [4.78, 5) is 13.5. The van der Waals surface area contributed by atoms with Crippen LogP contribution >= 0.6 is 11.3 Å². The lowest BCUT2D eigenvalue weighted by molar-refractivity contribution is 0.0532. The normalized spacial score (nSPS) is 13.8. The molecule has 0 saturated carbocycles. The molecule has 0 aliphatic carbocycles. The van der Waals surface area contributed by atoms with E-state index in [0.717, 1.165) is 16.9 Å². The Morgan fingerprint density at radius 3 is 2.54 bits per heavy atom. The minimum Gasteiger partial charge on any atom is -0.462 e. The van der Waals surface area contributed by atoms with E-state index in [1.807, 2.05) is 13.0 Å². The molecule has 0 aliphatic heterocycles. The number of aliphatic hydroxyl groups is 1. The summed E-state index contributed by atoms with van der Waals surface area (Å²) in [6.07, 6.45) is 0.905. The zero-order valence-electron chi connectivity index (χ0n) is 16.1. The Bertz CT molecular complexity index is 546. The number of aliphatic hydroxyl groups excluding tert-OH is 1. The van der Waals surface area contributed by atoms with Crippen molar-refractivity contribution in [2.75, 3.05) is 13.2 Å². The van der Waals surface area contributed by atoms with Gasteiger partial charge in [-0.2, -0.15) is 0 Å². The van der Waals surface area contributed by atoms with Gasteiger partial charge in [-0.1, -0.05) is 20.8 Å². The minimum atomic E-state index is -1.83. The molecule has 1 aromatic rings. The molecule has 1 heterocycles. The number of thiophene rings is 1. The van der Waals surface area contributed by atoms with Crippen molar-refractivity contribution in [2.45, 2.75) is 71.7 Å². The highest BCUT2D eigenvalue weighted by molar-refractivity contribution is 7.14. The van der Waals surface area contributed by atoms with Crippen LogP contribution in [0.1, 0.15) is 54.2 Å². The Morgan fingerprint density at radius 1 is 1.38 bits per heavy atom. The van der Waals surface area contributed by atoms with E-state index in [1.165, 1.54) is 11.3 Å². The second-order valence-electron chi connectivity index (χ2n) is 7.70. The molecule has 1 rings (SSSR count). The second kappa shape index (κ2) is 8.60. The maximum Gasteiger partial charge on any atom is 0.348 e. The summed E-state index contributed by atoms with van der Waals surface area (Å²) >= 11 is 1.46. The van der Waals surface area contributed by atoms with Gasteiger partial charge in [-0.15, -0.1) is 11.3 Å². The van der Waals surface area contributed by atoms with Crippen LogP contribution in [0.3, 0.4) is 0 Å². The van der Waals surface area contributed by atoms with Crippen molar-refractivity contribution in [3.63, 3.8) is 0 Å². The van der Waals surface area contributed by atoms with Crippen LogP contribution in [-0.4, -0.2) is 38.7 Å². The van der Waals surface area contributed by atoms with Crippen LogP contribution in [0.4, 0.5) is 0 Å². The fourth-order valence-corrected chi connectivity index (χ4v) is 4.10. The molecule has 0 unspecified atom stereocenters. The number of carbonyl (C=O) groups is 1. The number of ether oxygens (including phenoxy) is 1. The summed E-state index contributed by atoms with van der Waals surface area (Å²) in [7, 11) is -1.83. The standard InChI is InChI=1S/C18H32O4SSi/c1-8-21-17(20)16-11-13(2)15(23-16)10-9-14(19)12-22-24(6,7)18(3,4)5/h11,14,19H,8-10,12H2,1-7H3/t14-/m0/s1. The molecule has 138 valence electrons. The Morgan fingerprint density at radius 2 is 2.00 bits per heavy atom. The molecule has 0 radical (unpaired) electrons. The summed E-state index contributed by atoms with van der Waals surface area (Å²) < 4.78 is 11.1. The van der Waals surface area contributed by atoms with Crippen molar-refractivity contribution in [1.82, 2.24) is 0 Å². The molecule has 24 heavy (non-hydrogen) atoms. The molecule has 0 aliphatic rings. The van der Waals surface area contributed by atoms with Gasteiger partial charge in [0.25, 0.3) is 0 Å². The first-order valence-electron chi connectivity index (χ1n) is 8.56. The van der Waals surface area contributed by atoms with Crippen LogP contribution in [0.2, 0.25) is 18.1 Å². The molecule has 1 aromatic heterocycles. The van der Waals surface area contributed by atoms with Gasteiger partial charge >= 0.3 is 5.97 Å². The van der Waals surface area contributed by atoms with E-state index in [2.05, 4.69) is 33.9 Å². The molecule has 1 atom stereocenters. The molecule has 0 aromatic carbocycles. The third-order valence-corrected chi connectivity index (χ3v) is 10.4. The van der Waals surface area contributed by atoms with Crippen LogP contribution in [-0.2, 0) is 15.6 Å². The first kappa shape index (κ1) is 21.3. The predicted octanol–water partition coefficient (Wildman–Crippen LogP) is 4.55. The van der Waals surface area contributed by atoms with Gasteiger partial charge < -0.3 is 14.3 Å². The van der Waals surface area contributed by atoms with Crippen molar-refractivity contribution >= 4 is 25.6 Å². The van der Waals surface area contributed by atoms with Crippen molar-refractivity contribution in [2.24, 2.45) is 0 Å². The average molecular weight is 373 g/mol. The molecule has 1 N–H and O–H groups in total. The lowest BCUT2D eigenvalue weighted by Crippen LogP contribution is -2.42. The van der Waals surface area contributed by atoms with E-state index in [0.29, 0.717) is 24.5 Å². The maximum atomic E-state index is 11.8. The van der Waals surface area contributed by atoms with E-state index in [4.69, 9.17) is 9.16 Å². The quantitative estimate of drug-likeness (QED) is 0.537. The Kier molecular flexibility index (Phi) is 7.65. The number of esters is 1. The van der Waals surface area contributed by atoms with Gasteiger partial charge in [0, 0.05) is 4.88 Å². The average Bonchev–Trinajstić information content (AvgIpc) is 2.83. The number of aryl methyl sites for hydroxylation is 2. The van der Waals surface area contributed by atoms with E-state index in [-0.39, 0.29) is 11.0 Å². The summed E-state index contributed by atoms with van der Waals surface area (Å²) in [5.41, 5.74) is 1.08. The lowest BCUT2D eigenvalue weighted by atomic mass is 10.1. The smallest absolute Gasteiger partial charge is 0.348 e. The van der Waals surface area contributed by atoms with Gasteiger partial charge in [0.05, 0.1) is 19.3 Å². The largest absolute Gasteiger partial charge is 0.462 e. The van der Waals surface area contributed by atoms with Crippen LogP contribution in [0.15, 0.2) is 6.07 Å². The van der Waals surface area contributed by atoms with E-state index in [1.54, 1.807) is 6.92 Å². The summed E-state index contributed by atoms with van der Waals surface area (Å²) in [5.74, 6) is -0.265. The highest BCUT2D eigenvalue weighted by atomic mass is 32.1. The minimum absolute atomic E-state index is 0.144. The molecule has 4 nitrogen and oxygen atoms in total. The topological polar surface area (TPSA) is 55.8 Å². The highest BCUT2D eigenvalue weighted by Crippen LogP contribution is 2.36. The number of rotatable bonds is 8. The van der Waals surface area contributed by atoms with Gasteiger partial charge in [0.2, 0.25) is 0 Å². The number of carbonyl (C=O) groups excluding carboxylic acids is 1. The third-order valence-electron chi connectivity index (χ3n) is 4.64. The second-order valence-corrected chi connectivity index (χ2v) is 13.6. The molecule has 0 bridgehead atoms. The monoisotopic (exact) mass is 372 g/mol. The van der Waals surface area contributed by atoms with Crippen LogP contribution in [0.25, 0.3) is 0 Å². The summed E-state index contributed by atoms with van der Waals surface area (Å²) in [6, 6.07) is 1.87. The van der Waals surface area contributed by atoms with Crippen LogP contribution in [0, 0.1) is 6.92 Å². The van der Waals surface area contributed by atoms with Crippen molar-refractivity contribution in [3.8, 4) is 0 Å². The predicted molar refractivity (Wildman–Crippen MR) is 102 cm³/mol. The first-order valence-corrected chi connectivity index (χ1v) is 12.3. The molecule has 0 spiro atoms. The zero-order valence-corrected chi connectivity index (χ0v) is 17.9. The SMILES string of the molecule is CCOC(=O)c1cc(C)c(CC[C@H](O)CO[Si](C)(C)C(C)(C)C)s1. The summed E-state index contributed by atoms with van der Waals surface area (Å²) in [6.45, 7) is 15.5.